The highest BCUT2D eigenvalue weighted by molar-refractivity contribution is 9.10. The predicted octanol–water partition coefficient (Wildman–Crippen LogP) is 2.11. The van der Waals surface area contributed by atoms with Crippen molar-refractivity contribution in [3.8, 4) is 0 Å². The predicted molar refractivity (Wildman–Crippen MR) is 67.7 cm³/mol. The molecule has 1 aliphatic heterocycles. The maximum Gasteiger partial charge on any atom is 0.178 e. The van der Waals surface area contributed by atoms with Crippen molar-refractivity contribution in [3.63, 3.8) is 0 Å². The Morgan fingerprint density at radius 1 is 1.38 bits per heavy atom. The number of hydrogen-bond donors (Lipinski definition) is 0. The van der Waals surface area contributed by atoms with Crippen LogP contribution >= 0.6 is 15.9 Å². The first-order chi connectivity index (χ1) is 7.68. The van der Waals surface area contributed by atoms with Crippen LogP contribution in [-0.4, -0.2) is 35.2 Å². The fraction of sp³-hybridized carbons (Fsp3) is 0.455. The van der Waals surface area contributed by atoms with Crippen molar-refractivity contribution >= 4 is 27.3 Å². The van der Waals surface area contributed by atoms with Gasteiger partial charge >= 0.3 is 0 Å². The molecule has 0 radical (unpaired) electrons. The number of rotatable bonds is 2. The standard InChI is InChI=1S/C11H14BrNO2S/c1-9-2-3-10(12)8-11(9)16(14)13-4-6-15-7-5-13/h2-3,8H,4-7H2,1H3. The fourth-order valence-corrected chi connectivity index (χ4v) is 3.46. The Bertz CT molecular complexity index is 369. The molecule has 1 fully saturated rings. The van der Waals surface area contributed by atoms with Crippen LogP contribution in [0.2, 0.25) is 0 Å². The minimum absolute atomic E-state index is 0.665. The molecule has 3 nitrogen and oxygen atoms in total. The van der Waals surface area contributed by atoms with Crippen LogP contribution in [-0.2, 0) is 16.1 Å². The summed E-state index contributed by atoms with van der Waals surface area (Å²) in [7, 11) is 0. The zero-order valence-electron chi connectivity index (χ0n) is 9.11. The summed E-state index contributed by atoms with van der Waals surface area (Å²) in [5.41, 5.74) is 1.06. The second-order valence-electron chi connectivity index (χ2n) is 3.70. The van der Waals surface area contributed by atoms with Gasteiger partial charge in [0.25, 0.3) is 0 Å². The zero-order valence-corrected chi connectivity index (χ0v) is 11.5. The van der Waals surface area contributed by atoms with Gasteiger partial charge in [0.2, 0.25) is 0 Å². The van der Waals surface area contributed by atoms with Gasteiger partial charge in [-0.05, 0) is 13.0 Å². The highest BCUT2D eigenvalue weighted by Gasteiger charge is 2.26. The fourth-order valence-electron chi connectivity index (χ4n) is 1.61. The molecule has 0 saturated carbocycles. The molecule has 0 spiro atoms. The summed E-state index contributed by atoms with van der Waals surface area (Å²) in [4.78, 5) is 0.885. The average molecular weight is 304 g/mol. The summed E-state index contributed by atoms with van der Waals surface area (Å²) in [6.45, 7) is 4.79. The first kappa shape index (κ1) is 12.4. The van der Waals surface area contributed by atoms with E-state index in [-0.39, 0.29) is 0 Å². The molecule has 16 heavy (non-hydrogen) atoms. The Labute approximate surface area is 107 Å². The SMILES string of the molecule is Cc1ccc(Br)cc1[S+]([O-])N1CCOCC1. The number of aryl methyl sites for hydroxylation is 1. The highest BCUT2D eigenvalue weighted by atomic mass is 79.9. The quantitative estimate of drug-likeness (QED) is 0.785. The van der Waals surface area contributed by atoms with E-state index in [2.05, 4.69) is 15.9 Å². The minimum atomic E-state index is -1.07. The lowest BCUT2D eigenvalue weighted by atomic mass is 10.2. The van der Waals surface area contributed by atoms with Crippen LogP contribution in [0.4, 0.5) is 0 Å². The molecular weight excluding hydrogens is 290 g/mol. The molecule has 0 amide bonds. The molecule has 1 unspecified atom stereocenters. The van der Waals surface area contributed by atoms with E-state index in [0.29, 0.717) is 13.2 Å². The first-order valence-electron chi connectivity index (χ1n) is 5.19. The van der Waals surface area contributed by atoms with Crippen LogP contribution in [0.25, 0.3) is 0 Å². The molecule has 1 atom stereocenters. The Hall–Kier alpha value is -0.0700. The van der Waals surface area contributed by atoms with E-state index in [0.717, 1.165) is 28.0 Å². The summed E-state index contributed by atoms with van der Waals surface area (Å²) in [5.74, 6) is 0. The largest absolute Gasteiger partial charge is 0.593 e. The van der Waals surface area contributed by atoms with E-state index in [1.54, 1.807) is 0 Å². The highest BCUT2D eigenvalue weighted by Crippen LogP contribution is 2.24. The van der Waals surface area contributed by atoms with Gasteiger partial charge in [0.1, 0.15) is 0 Å². The molecule has 1 heterocycles. The van der Waals surface area contributed by atoms with Gasteiger partial charge < -0.3 is 9.29 Å². The Balaban J connectivity index is 2.18. The molecule has 0 aliphatic carbocycles. The van der Waals surface area contributed by atoms with Crippen molar-refractivity contribution in [2.45, 2.75) is 11.8 Å². The third-order valence-electron chi connectivity index (χ3n) is 2.54. The van der Waals surface area contributed by atoms with Crippen molar-refractivity contribution in [1.29, 1.82) is 0 Å². The maximum absolute atomic E-state index is 12.3. The van der Waals surface area contributed by atoms with E-state index in [4.69, 9.17) is 4.74 Å². The summed E-state index contributed by atoms with van der Waals surface area (Å²) in [5, 5.41) is 0. The second-order valence-corrected chi connectivity index (χ2v) is 6.07. The molecule has 1 aliphatic rings. The Morgan fingerprint density at radius 3 is 2.75 bits per heavy atom. The van der Waals surface area contributed by atoms with Gasteiger partial charge in [0.15, 0.2) is 4.90 Å². The van der Waals surface area contributed by atoms with Gasteiger partial charge in [-0.3, -0.25) is 0 Å². The summed E-state index contributed by atoms with van der Waals surface area (Å²) < 4.78 is 20.5. The van der Waals surface area contributed by atoms with E-state index < -0.39 is 11.4 Å². The van der Waals surface area contributed by atoms with Crippen molar-refractivity contribution in [1.82, 2.24) is 4.31 Å². The first-order valence-corrected chi connectivity index (χ1v) is 7.09. The third kappa shape index (κ3) is 2.78. The van der Waals surface area contributed by atoms with Crippen molar-refractivity contribution in [2.75, 3.05) is 26.3 Å². The van der Waals surface area contributed by atoms with Crippen molar-refractivity contribution in [3.05, 3.63) is 28.2 Å². The molecule has 1 saturated heterocycles. The van der Waals surface area contributed by atoms with E-state index in [1.807, 2.05) is 29.4 Å². The normalized spacial score (nSPS) is 19.7. The van der Waals surface area contributed by atoms with E-state index in [9.17, 15) is 4.55 Å². The topological polar surface area (TPSA) is 35.5 Å². The molecule has 1 aromatic rings. The van der Waals surface area contributed by atoms with Gasteiger partial charge in [0.05, 0.1) is 37.7 Å². The summed E-state index contributed by atoms with van der Waals surface area (Å²) in [6.07, 6.45) is 0. The van der Waals surface area contributed by atoms with Crippen LogP contribution in [0.3, 0.4) is 0 Å². The third-order valence-corrected chi connectivity index (χ3v) is 4.69. The van der Waals surface area contributed by atoms with Crippen molar-refractivity contribution in [2.24, 2.45) is 0 Å². The number of hydrogen-bond acceptors (Lipinski definition) is 3. The summed E-state index contributed by atoms with van der Waals surface area (Å²) in [6, 6.07) is 5.88. The van der Waals surface area contributed by atoms with Gasteiger partial charge in [0, 0.05) is 16.1 Å². The van der Waals surface area contributed by atoms with Crippen LogP contribution in [0.5, 0.6) is 0 Å². The number of nitrogens with zero attached hydrogens (tertiary/aromatic N) is 1. The van der Waals surface area contributed by atoms with Gasteiger partial charge in [-0.1, -0.05) is 22.0 Å². The van der Waals surface area contributed by atoms with Gasteiger partial charge in [-0.25, -0.2) is 0 Å². The van der Waals surface area contributed by atoms with E-state index >= 15 is 0 Å². The molecule has 0 N–H and O–H groups in total. The van der Waals surface area contributed by atoms with Gasteiger partial charge in [-0.2, -0.15) is 0 Å². The smallest absolute Gasteiger partial charge is 0.178 e. The van der Waals surface area contributed by atoms with Crippen LogP contribution in [0.15, 0.2) is 27.6 Å². The van der Waals surface area contributed by atoms with E-state index in [1.165, 1.54) is 0 Å². The summed E-state index contributed by atoms with van der Waals surface area (Å²) >= 11 is 2.34. The molecule has 88 valence electrons. The van der Waals surface area contributed by atoms with Crippen LogP contribution in [0.1, 0.15) is 5.56 Å². The number of ether oxygens (including phenoxy) is 1. The molecule has 5 heteroatoms. The van der Waals surface area contributed by atoms with Crippen LogP contribution < -0.4 is 0 Å². The number of halogens is 1. The Kier molecular flexibility index (Phi) is 4.27. The lowest BCUT2D eigenvalue weighted by Crippen LogP contribution is -2.40. The van der Waals surface area contributed by atoms with Crippen LogP contribution in [0, 0.1) is 6.92 Å². The lowest BCUT2D eigenvalue weighted by molar-refractivity contribution is 0.0730. The molecule has 2 rings (SSSR count). The van der Waals surface area contributed by atoms with Gasteiger partial charge in [-0.15, -0.1) is 4.31 Å². The Morgan fingerprint density at radius 2 is 2.06 bits per heavy atom. The maximum atomic E-state index is 12.3. The van der Waals surface area contributed by atoms with Crippen molar-refractivity contribution < 1.29 is 9.29 Å². The monoisotopic (exact) mass is 303 g/mol. The second kappa shape index (κ2) is 5.51. The zero-order chi connectivity index (χ0) is 11.5. The molecule has 0 bridgehead atoms. The number of benzene rings is 1. The minimum Gasteiger partial charge on any atom is -0.593 e. The number of morpholine rings is 1. The molecular formula is C11H14BrNO2S. The lowest BCUT2D eigenvalue weighted by Gasteiger charge is -2.27. The molecule has 1 aromatic carbocycles. The molecule has 0 aromatic heterocycles. The average Bonchev–Trinajstić information content (AvgIpc) is 2.32.